The van der Waals surface area contributed by atoms with Crippen LogP contribution in [0.5, 0.6) is 0 Å². The smallest absolute Gasteiger partial charge is 0.109 e. The molecular weight excluding hydrogens is 600 g/mol. The van der Waals surface area contributed by atoms with Crippen LogP contribution >= 0.6 is 0 Å². The topological polar surface area (TPSA) is 0 Å². The first-order valence-corrected chi connectivity index (χ1v) is 20.1. The van der Waals surface area contributed by atoms with Gasteiger partial charge in [-0.3, -0.25) is 6.08 Å². The number of benzene rings is 4. The molecular formula is C40H44SiZr. The Morgan fingerprint density at radius 2 is 1.24 bits per heavy atom. The van der Waals surface area contributed by atoms with Crippen molar-refractivity contribution in [3.8, 4) is 11.1 Å². The molecule has 0 aromatic heterocycles. The van der Waals surface area contributed by atoms with Gasteiger partial charge in [-0.15, -0.1) is 12.0 Å². The average molecular weight is 644 g/mol. The summed E-state index contributed by atoms with van der Waals surface area (Å²) in [6.07, 6.45) is 11.0. The van der Waals surface area contributed by atoms with Gasteiger partial charge in [0.25, 0.3) is 0 Å². The van der Waals surface area contributed by atoms with Gasteiger partial charge in [0.1, 0.15) is 0 Å². The Labute approximate surface area is 270 Å². The third-order valence-electron chi connectivity index (χ3n) is 7.79. The molecule has 2 heteroatoms. The molecule has 0 atom stereocenters. The maximum Gasteiger partial charge on any atom is -0.109 e. The zero-order valence-corrected chi connectivity index (χ0v) is 30.1. The van der Waals surface area contributed by atoms with Crippen molar-refractivity contribution >= 4 is 15.8 Å². The number of fused-ring (bicyclic) bond motifs is 3. The van der Waals surface area contributed by atoms with Crippen LogP contribution < -0.4 is 10.4 Å². The van der Waals surface area contributed by atoms with E-state index in [1.54, 1.807) is 23.3 Å². The van der Waals surface area contributed by atoms with Gasteiger partial charge in [-0.2, -0.15) is 35.4 Å². The molecule has 2 aliphatic rings. The van der Waals surface area contributed by atoms with E-state index in [9.17, 15) is 0 Å². The Balaban J connectivity index is 0.000000170. The van der Waals surface area contributed by atoms with E-state index in [0.717, 1.165) is 12.8 Å². The molecule has 4 aromatic carbocycles. The van der Waals surface area contributed by atoms with Crippen LogP contribution in [0.2, 0.25) is 0 Å². The van der Waals surface area contributed by atoms with Crippen molar-refractivity contribution in [1.29, 1.82) is 0 Å². The van der Waals surface area contributed by atoms with Crippen molar-refractivity contribution in [2.75, 3.05) is 0 Å². The largest absolute Gasteiger partial charge is 0.273 e. The predicted molar refractivity (Wildman–Crippen MR) is 180 cm³/mol. The molecule has 0 saturated carbocycles. The van der Waals surface area contributed by atoms with Crippen LogP contribution in [0.4, 0.5) is 0 Å². The van der Waals surface area contributed by atoms with Crippen molar-refractivity contribution in [2.24, 2.45) is 0 Å². The molecule has 0 saturated heterocycles. The van der Waals surface area contributed by atoms with Crippen LogP contribution in [0, 0.1) is 26.0 Å². The maximum absolute atomic E-state index is 3.53. The van der Waals surface area contributed by atoms with Crippen molar-refractivity contribution in [2.45, 2.75) is 79.1 Å². The Bertz CT molecular complexity index is 1470. The van der Waals surface area contributed by atoms with Gasteiger partial charge < -0.3 is 0 Å². The first kappa shape index (κ1) is 32.4. The summed E-state index contributed by atoms with van der Waals surface area (Å²) in [5, 5.41) is 3.05. The second-order valence-electron chi connectivity index (χ2n) is 13.4. The molecule has 42 heavy (non-hydrogen) atoms. The Hall–Kier alpha value is -2.54. The third-order valence-corrected chi connectivity index (χ3v) is 13.9. The number of hydrogen-bond acceptors (Lipinski definition) is 0. The van der Waals surface area contributed by atoms with Crippen LogP contribution in [0.15, 0.2) is 97.1 Å². The molecule has 2 aliphatic carbocycles. The number of aryl methyl sites for hydroxylation is 2. The van der Waals surface area contributed by atoms with Gasteiger partial charge in [0, 0.05) is 0 Å². The van der Waals surface area contributed by atoms with Gasteiger partial charge >= 0.3 is 113 Å². The minimum Gasteiger partial charge on any atom is -0.273 e. The van der Waals surface area contributed by atoms with Crippen LogP contribution in [0.1, 0.15) is 81.3 Å². The minimum atomic E-state index is -0.488. The standard InChI is InChI=1S/C21H25.C14H14Si.C5H5.Zr/c1-20(2,3)16-9-7-14-11-15-8-10-17(21(4,5)6)13-19(15)18(14)12-16;1-11-3-7-13(8-4-11)15-14-9-5-12(2)6-10-14;1-2-4-5-3-1;/h7,9-10,12-13H,11H2,1-6H3;3-10H,1-2H3;1-3H,4H2;/q-1;;-1;+2. The third kappa shape index (κ3) is 8.52. The molecule has 4 aromatic rings. The normalized spacial score (nSPS) is 13.0. The van der Waals surface area contributed by atoms with Gasteiger partial charge in [-0.1, -0.05) is 76.3 Å². The molecule has 0 heterocycles. The quantitative estimate of drug-likeness (QED) is 0.133. The number of rotatable bonds is 2. The molecule has 0 spiro atoms. The zero-order valence-electron chi connectivity index (χ0n) is 26.7. The molecule has 0 N–H and O–H groups in total. The average Bonchev–Trinajstić information content (AvgIpc) is 3.64. The summed E-state index contributed by atoms with van der Waals surface area (Å²) in [5.74, 6) is 0. The molecule has 0 bridgehead atoms. The summed E-state index contributed by atoms with van der Waals surface area (Å²) < 4.78 is 0. The van der Waals surface area contributed by atoms with Crippen LogP contribution in [0.25, 0.3) is 11.1 Å². The number of allylic oxidation sites excluding steroid dienone is 4. The van der Waals surface area contributed by atoms with Crippen molar-refractivity contribution in [3.63, 3.8) is 0 Å². The van der Waals surface area contributed by atoms with Gasteiger partial charge in [0.05, 0.1) is 0 Å². The summed E-state index contributed by atoms with van der Waals surface area (Å²) in [5.41, 5.74) is 11.0. The van der Waals surface area contributed by atoms with Crippen LogP contribution in [-0.2, 0) is 40.6 Å². The Morgan fingerprint density at radius 3 is 1.69 bits per heavy atom. The van der Waals surface area contributed by atoms with E-state index in [1.165, 1.54) is 54.9 Å². The van der Waals surface area contributed by atoms with Crippen LogP contribution in [-0.4, -0.2) is 5.43 Å². The fourth-order valence-corrected chi connectivity index (χ4v) is 8.72. The maximum atomic E-state index is 3.53. The molecule has 0 amide bonds. The molecule has 0 radical (unpaired) electrons. The summed E-state index contributed by atoms with van der Waals surface area (Å²) in [6, 6.07) is 33.1. The second kappa shape index (κ2) is 13.8. The van der Waals surface area contributed by atoms with E-state index in [0.29, 0.717) is 0 Å². The van der Waals surface area contributed by atoms with Crippen LogP contribution in [0.3, 0.4) is 0 Å². The van der Waals surface area contributed by atoms with Crippen molar-refractivity contribution in [3.05, 3.63) is 143 Å². The molecule has 0 fully saturated rings. The molecule has 212 valence electrons. The summed E-state index contributed by atoms with van der Waals surface area (Å²) >= 11 is 1.65. The SMILES string of the molecule is CC(C)(C)c1c[c-]c2c(c1)-c1cc(C(C)(C)C)ccc1C2.Cc1ccc([Si](=[Zr+2])c2ccc(C)cc2)cc1.[C-]1=CC=CC1. The Morgan fingerprint density at radius 1 is 0.690 bits per heavy atom. The fraction of sp³-hybridized carbons (Fsp3) is 0.300. The molecule has 0 unspecified atom stereocenters. The van der Waals surface area contributed by atoms with E-state index < -0.39 is 5.43 Å². The second-order valence-corrected chi connectivity index (χ2v) is 19.0. The van der Waals surface area contributed by atoms with E-state index in [4.69, 9.17) is 0 Å². The van der Waals surface area contributed by atoms with Crippen molar-refractivity contribution in [1.82, 2.24) is 0 Å². The van der Waals surface area contributed by atoms with Gasteiger partial charge in [0.15, 0.2) is 0 Å². The first-order chi connectivity index (χ1) is 19.8. The van der Waals surface area contributed by atoms with Gasteiger partial charge in [-0.05, 0) is 17.4 Å². The summed E-state index contributed by atoms with van der Waals surface area (Å²) in [4.78, 5) is 0. The molecule has 6 rings (SSSR count). The fourth-order valence-electron chi connectivity index (χ4n) is 4.93. The minimum absolute atomic E-state index is 0.177. The summed E-state index contributed by atoms with van der Waals surface area (Å²) in [7, 11) is 0. The van der Waals surface area contributed by atoms with Gasteiger partial charge in [0.2, 0.25) is 0 Å². The zero-order chi connectivity index (χ0) is 30.5. The molecule has 0 aliphatic heterocycles. The first-order valence-electron chi connectivity index (χ1n) is 15.0. The number of hydrogen-bond donors (Lipinski definition) is 0. The van der Waals surface area contributed by atoms with E-state index in [-0.39, 0.29) is 10.8 Å². The van der Waals surface area contributed by atoms with E-state index in [2.05, 4.69) is 152 Å². The predicted octanol–water partition coefficient (Wildman–Crippen LogP) is 8.91. The monoisotopic (exact) mass is 642 g/mol. The van der Waals surface area contributed by atoms with E-state index in [1.807, 2.05) is 12.2 Å². The molecule has 0 nitrogen and oxygen atoms in total. The van der Waals surface area contributed by atoms with Gasteiger partial charge in [-0.25, -0.2) is 12.2 Å². The Kier molecular flexibility index (Phi) is 10.7. The summed E-state index contributed by atoms with van der Waals surface area (Å²) in [6.45, 7) is 17.9. The van der Waals surface area contributed by atoms with E-state index >= 15 is 0 Å². The van der Waals surface area contributed by atoms with Crippen molar-refractivity contribution < 1.29 is 23.3 Å².